The lowest BCUT2D eigenvalue weighted by Crippen LogP contribution is -2.55. The second-order valence-electron chi connectivity index (χ2n) is 4.11. The molecule has 1 saturated heterocycles. The first-order valence-electron chi connectivity index (χ1n) is 5.79. The highest BCUT2D eigenvalue weighted by Gasteiger charge is 2.31. The Balaban J connectivity index is 2.32. The summed E-state index contributed by atoms with van der Waals surface area (Å²) in [5.74, 6) is -1.04. The molecule has 2 rings (SSSR count). The summed E-state index contributed by atoms with van der Waals surface area (Å²) < 4.78 is 0. The average molecular weight is 269 g/mol. The molecule has 6 nitrogen and oxygen atoms in total. The smallest absolute Gasteiger partial charge is 0.355 e. The zero-order chi connectivity index (χ0) is 13.3. The zero-order valence-electron chi connectivity index (χ0n) is 10.3. The van der Waals surface area contributed by atoms with E-state index in [0.717, 1.165) is 0 Å². The van der Waals surface area contributed by atoms with Crippen molar-refractivity contribution in [3.8, 4) is 0 Å². The quantitative estimate of drug-likeness (QED) is 0.850. The van der Waals surface area contributed by atoms with Crippen molar-refractivity contribution >= 4 is 28.3 Å². The molecular weight excluding hydrogens is 254 g/mol. The molecule has 2 N–H and O–H groups in total. The Labute approximate surface area is 109 Å². The van der Waals surface area contributed by atoms with Crippen molar-refractivity contribution in [2.24, 2.45) is 0 Å². The maximum atomic E-state index is 11.7. The van der Waals surface area contributed by atoms with E-state index < -0.39 is 5.97 Å². The highest BCUT2D eigenvalue weighted by molar-refractivity contribution is 7.15. The lowest BCUT2D eigenvalue weighted by Gasteiger charge is -2.34. The molecule has 1 fully saturated rings. The molecule has 1 aliphatic heterocycles. The molecule has 1 aliphatic rings. The number of thiazole rings is 1. The van der Waals surface area contributed by atoms with Gasteiger partial charge in [-0.3, -0.25) is 4.79 Å². The SMILES string of the molecule is CCC1C(=O)NCCN1c1nc(C(=O)O)c(C)s1. The van der Waals surface area contributed by atoms with Gasteiger partial charge in [-0.15, -0.1) is 11.3 Å². The largest absolute Gasteiger partial charge is 0.476 e. The molecule has 2 heterocycles. The van der Waals surface area contributed by atoms with Crippen LogP contribution in [-0.4, -0.2) is 41.1 Å². The van der Waals surface area contributed by atoms with Crippen molar-refractivity contribution in [1.29, 1.82) is 0 Å². The molecule has 0 aliphatic carbocycles. The van der Waals surface area contributed by atoms with Gasteiger partial charge in [-0.2, -0.15) is 0 Å². The van der Waals surface area contributed by atoms with Gasteiger partial charge in [0, 0.05) is 18.0 Å². The van der Waals surface area contributed by atoms with Gasteiger partial charge in [-0.25, -0.2) is 9.78 Å². The maximum absolute atomic E-state index is 11.7. The first kappa shape index (κ1) is 12.8. The molecule has 0 aromatic carbocycles. The third-order valence-corrected chi connectivity index (χ3v) is 3.96. The van der Waals surface area contributed by atoms with Crippen molar-refractivity contribution in [3.63, 3.8) is 0 Å². The fraction of sp³-hybridized carbons (Fsp3) is 0.545. The number of carboxylic acids is 1. The van der Waals surface area contributed by atoms with Crippen LogP contribution in [0, 0.1) is 6.92 Å². The molecule has 0 spiro atoms. The molecule has 1 aromatic rings. The number of anilines is 1. The number of carbonyl (C=O) groups is 2. The van der Waals surface area contributed by atoms with Crippen molar-refractivity contribution in [2.75, 3.05) is 18.0 Å². The molecule has 1 unspecified atom stereocenters. The van der Waals surface area contributed by atoms with E-state index in [9.17, 15) is 9.59 Å². The zero-order valence-corrected chi connectivity index (χ0v) is 11.1. The van der Waals surface area contributed by atoms with Crippen LogP contribution < -0.4 is 10.2 Å². The molecule has 1 atom stereocenters. The van der Waals surface area contributed by atoms with E-state index >= 15 is 0 Å². The number of nitrogens with one attached hydrogen (secondary N) is 1. The Morgan fingerprint density at radius 2 is 2.39 bits per heavy atom. The minimum atomic E-state index is -1.02. The predicted molar refractivity (Wildman–Crippen MR) is 68.2 cm³/mol. The molecule has 0 bridgehead atoms. The number of amides is 1. The first-order chi connectivity index (χ1) is 8.54. The van der Waals surface area contributed by atoms with Crippen molar-refractivity contribution in [1.82, 2.24) is 10.3 Å². The van der Waals surface area contributed by atoms with Crippen LogP contribution >= 0.6 is 11.3 Å². The molecule has 1 amide bonds. The Morgan fingerprint density at radius 1 is 1.67 bits per heavy atom. The molecule has 7 heteroatoms. The fourth-order valence-electron chi connectivity index (χ4n) is 2.05. The van der Waals surface area contributed by atoms with Gasteiger partial charge in [0.05, 0.1) is 0 Å². The number of carboxylic acid groups (broad SMARTS) is 1. The van der Waals surface area contributed by atoms with Gasteiger partial charge >= 0.3 is 5.97 Å². The Hall–Kier alpha value is -1.63. The number of aryl methyl sites for hydroxylation is 1. The molecule has 0 saturated carbocycles. The van der Waals surface area contributed by atoms with Gasteiger partial charge < -0.3 is 15.3 Å². The number of hydrogen-bond acceptors (Lipinski definition) is 5. The third-order valence-electron chi connectivity index (χ3n) is 2.95. The summed E-state index contributed by atoms with van der Waals surface area (Å²) in [7, 11) is 0. The summed E-state index contributed by atoms with van der Waals surface area (Å²) in [6, 6.07) is -0.258. The standard InChI is InChI=1S/C11H15N3O3S/c1-3-7-9(15)12-4-5-14(7)11-13-8(10(16)17)6(2)18-11/h7H,3-5H2,1-2H3,(H,12,15)(H,16,17). The number of aromatic nitrogens is 1. The van der Waals surface area contributed by atoms with Gasteiger partial charge in [0.25, 0.3) is 0 Å². The molecule has 0 radical (unpaired) electrons. The summed E-state index contributed by atoms with van der Waals surface area (Å²) in [4.78, 5) is 29.4. The van der Waals surface area contributed by atoms with Crippen molar-refractivity contribution < 1.29 is 14.7 Å². The normalized spacial score (nSPS) is 19.8. The number of piperazine rings is 1. The van der Waals surface area contributed by atoms with Crippen LogP contribution in [0.15, 0.2) is 0 Å². The summed E-state index contributed by atoms with van der Waals surface area (Å²) in [6.07, 6.45) is 0.673. The number of hydrogen-bond donors (Lipinski definition) is 2. The highest BCUT2D eigenvalue weighted by atomic mass is 32.1. The van der Waals surface area contributed by atoms with Gasteiger partial charge in [0.15, 0.2) is 10.8 Å². The van der Waals surface area contributed by atoms with Crippen LogP contribution in [0.25, 0.3) is 0 Å². The number of rotatable bonds is 3. The van der Waals surface area contributed by atoms with E-state index in [1.807, 2.05) is 11.8 Å². The molecular formula is C11H15N3O3S. The molecule has 98 valence electrons. The Kier molecular flexibility index (Phi) is 3.51. The van der Waals surface area contributed by atoms with E-state index in [-0.39, 0.29) is 17.6 Å². The van der Waals surface area contributed by atoms with Crippen LogP contribution in [0.4, 0.5) is 5.13 Å². The molecule has 1 aromatic heterocycles. The summed E-state index contributed by atoms with van der Waals surface area (Å²) in [5, 5.41) is 12.4. The van der Waals surface area contributed by atoms with Crippen LogP contribution in [0.3, 0.4) is 0 Å². The van der Waals surface area contributed by atoms with Crippen LogP contribution in [-0.2, 0) is 4.79 Å². The van der Waals surface area contributed by atoms with E-state index in [0.29, 0.717) is 29.5 Å². The van der Waals surface area contributed by atoms with Crippen molar-refractivity contribution in [3.05, 3.63) is 10.6 Å². The summed E-state index contributed by atoms with van der Waals surface area (Å²) >= 11 is 1.32. The molecule has 18 heavy (non-hydrogen) atoms. The van der Waals surface area contributed by atoms with E-state index in [2.05, 4.69) is 10.3 Å². The second-order valence-corrected chi connectivity index (χ2v) is 5.30. The van der Waals surface area contributed by atoms with Gasteiger partial charge in [0.2, 0.25) is 5.91 Å². The van der Waals surface area contributed by atoms with E-state index in [1.165, 1.54) is 11.3 Å². The monoisotopic (exact) mass is 269 g/mol. The third kappa shape index (κ3) is 2.17. The van der Waals surface area contributed by atoms with Crippen LogP contribution in [0.5, 0.6) is 0 Å². The lowest BCUT2D eigenvalue weighted by atomic mass is 10.1. The van der Waals surface area contributed by atoms with E-state index in [1.54, 1.807) is 6.92 Å². The second kappa shape index (κ2) is 4.93. The highest BCUT2D eigenvalue weighted by Crippen LogP contribution is 2.28. The topological polar surface area (TPSA) is 82.5 Å². The maximum Gasteiger partial charge on any atom is 0.355 e. The van der Waals surface area contributed by atoms with Gasteiger partial charge in [0.1, 0.15) is 6.04 Å². The van der Waals surface area contributed by atoms with Crippen LogP contribution in [0.1, 0.15) is 28.7 Å². The number of aromatic carboxylic acids is 1. The van der Waals surface area contributed by atoms with Gasteiger partial charge in [-0.1, -0.05) is 6.92 Å². The van der Waals surface area contributed by atoms with Crippen molar-refractivity contribution in [2.45, 2.75) is 26.3 Å². The van der Waals surface area contributed by atoms with Crippen LogP contribution in [0.2, 0.25) is 0 Å². The Morgan fingerprint density at radius 3 is 2.94 bits per heavy atom. The summed E-state index contributed by atoms with van der Waals surface area (Å²) in [5.41, 5.74) is 0.0795. The first-order valence-corrected chi connectivity index (χ1v) is 6.61. The minimum Gasteiger partial charge on any atom is -0.476 e. The van der Waals surface area contributed by atoms with E-state index in [4.69, 9.17) is 5.11 Å². The fourth-order valence-corrected chi connectivity index (χ4v) is 3.03. The lowest BCUT2D eigenvalue weighted by molar-refractivity contribution is -0.123. The average Bonchev–Trinajstić information content (AvgIpc) is 2.71. The number of nitrogens with zero attached hydrogens (tertiary/aromatic N) is 2. The minimum absolute atomic E-state index is 0.0199. The number of carbonyl (C=O) groups excluding carboxylic acids is 1. The Bertz CT molecular complexity index is 486. The van der Waals surface area contributed by atoms with Gasteiger partial charge in [-0.05, 0) is 13.3 Å². The summed E-state index contributed by atoms with van der Waals surface area (Å²) in [6.45, 7) is 4.89. The predicted octanol–water partition coefficient (Wildman–Crippen LogP) is 0.865.